The Morgan fingerprint density at radius 2 is 2.00 bits per heavy atom. The first-order valence-electron chi connectivity index (χ1n) is 6.69. The lowest BCUT2D eigenvalue weighted by Gasteiger charge is -2.02. The summed E-state index contributed by atoms with van der Waals surface area (Å²) in [5.41, 5.74) is 6.66. The first-order chi connectivity index (χ1) is 11.5. The summed E-state index contributed by atoms with van der Waals surface area (Å²) in [5.74, 6) is -0.372. The topological polar surface area (TPSA) is 104 Å². The summed E-state index contributed by atoms with van der Waals surface area (Å²) in [5, 5.41) is 4.85. The molecule has 24 heavy (non-hydrogen) atoms. The Kier molecular flexibility index (Phi) is 4.64. The first-order valence-corrected chi connectivity index (χ1v) is 7.45. The Bertz CT molecular complexity index is 898. The van der Waals surface area contributed by atoms with Crippen LogP contribution in [0.15, 0.2) is 41.2 Å². The normalized spacial score (nSPS) is 10.6. The van der Waals surface area contributed by atoms with Crippen LogP contribution in [0.5, 0.6) is 0 Å². The lowest BCUT2D eigenvalue weighted by Crippen LogP contribution is -2.11. The Hall–Kier alpha value is -2.64. The summed E-state index contributed by atoms with van der Waals surface area (Å²) >= 11 is 12.0. The molecule has 0 amide bonds. The number of rotatable bonds is 4. The van der Waals surface area contributed by atoms with E-state index in [2.05, 4.69) is 15.1 Å². The summed E-state index contributed by atoms with van der Waals surface area (Å²) in [6.07, 6.45) is 2.73. The number of benzene rings is 1. The van der Waals surface area contributed by atoms with Crippen LogP contribution in [0.25, 0.3) is 11.3 Å². The molecule has 2 N–H and O–H groups in total. The van der Waals surface area contributed by atoms with Crippen LogP contribution in [0.2, 0.25) is 10.0 Å². The Labute approximate surface area is 146 Å². The van der Waals surface area contributed by atoms with Crippen LogP contribution in [0, 0.1) is 0 Å². The quantitative estimate of drug-likeness (QED) is 0.707. The summed E-state index contributed by atoms with van der Waals surface area (Å²) in [6.45, 7) is -0.132. The van der Waals surface area contributed by atoms with Crippen LogP contribution in [0.4, 0.5) is 5.82 Å². The van der Waals surface area contributed by atoms with E-state index in [4.69, 9.17) is 38.2 Å². The number of carbonyl (C=O) groups is 1. The number of hydrogen-bond acceptors (Lipinski definition) is 7. The van der Waals surface area contributed by atoms with Crippen LogP contribution in [-0.4, -0.2) is 21.1 Å². The van der Waals surface area contributed by atoms with Gasteiger partial charge in [-0.3, -0.25) is 0 Å². The number of nitrogen functional groups attached to an aromatic ring is 1. The number of nitrogens with zero attached hydrogens (tertiary/aromatic N) is 3. The molecule has 2 aromatic heterocycles. The predicted octanol–water partition coefficient (Wildman–Crippen LogP) is 3.38. The number of esters is 1. The van der Waals surface area contributed by atoms with E-state index in [-0.39, 0.29) is 18.1 Å². The highest BCUT2D eigenvalue weighted by Gasteiger charge is 2.16. The van der Waals surface area contributed by atoms with Gasteiger partial charge in [0.15, 0.2) is 23.9 Å². The van der Waals surface area contributed by atoms with E-state index >= 15 is 0 Å². The van der Waals surface area contributed by atoms with Gasteiger partial charge in [-0.05, 0) is 18.2 Å². The predicted molar refractivity (Wildman–Crippen MR) is 87.5 cm³/mol. The molecule has 0 fully saturated rings. The summed E-state index contributed by atoms with van der Waals surface area (Å²) in [6, 6.07) is 6.62. The third-order valence-electron chi connectivity index (χ3n) is 3.03. The lowest BCUT2D eigenvalue weighted by atomic mass is 10.1. The number of anilines is 1. The van der Waals surface area contributed by atoms with Gasteiger partial charge in [-0.1, -0.05) is 28.4 Å². The second kappa shape index (κ2) is 6.86. The monoisotopic (exact) mass is 364 g/mol. The first kappa shape index (κ1) is 16.2. The average molecular weight is 365 g/mol. The minimum Gasteiger partial charge on any atom is -0.453 e. The van der Waals surface area contributed by atoms with E-state index in [1.54, 1.807) is 24.3 Å². The molecule has 0 saturated carbocycles. The van der Waals surface area contributed by atoms with E-state index in [0.29, 0.717) is 27.1 Å². The second-order valence-corrected chi connectivity index (χ2v) is 5.51. The molecule has 0 aliphatic rings. The van der Waals surface area contributed by atoms with Gasteiger partial charge in [0.1, 0.15) is 5.69 Å². The molecular formula is C15H10Cl2N4O3. The van der Waals surface area contributed by atoms with Crippen molar-refractivity contribution in [2.24, 2.45) is 0 Å². The van der Waals surface area contributed by atoms with Crippen molar-refractivity contribution in [2.75, 3.05) is 5.73 Å². The van der Waals surface area contributed by atoms with Crippen LogP contribution in [0.1, 0.15) is 16.2 Å². The highest BCUT2D eigenvalue weighted by molar-refractivity contribution is 6.36. The van der Waals surface area contributed by atoms with Gasteiger partial charge >= 0.3 is 5.97 Å². The molecule has 2 heterocycles. The Balaban J connectivity index is 1.70. The summed E-state index contributed by atoms with van der Waals surface area (Å²) < 4.78 is 10.2. The fraction of sp³-hybridized carbons (Fsp3) is 0.0667. The van der Waals surface area contributed by atoms with Crippen molar-refractivity contribution in [1.82, 2.24) is 15.1 Å². The van der Waals surface area contributed by atoms with Crippen molar-refractivity contribution in [1.29, 1.82) is 0 Å². The zero-order valence-electron chi connectivity index (χ0n) is 12.1. The maximum absolute atomic E-state index is 11.9. The lowest BCUT2D eigenvalue weighted by molar-refractivity contribution is 0.0431. The standard InChI is InChI=1S/C15H10Cl2N4O3/c16-8-1-2-10(11(17)5-8)12-6-9(24-21-12)7-23-15(22)13-14(18)20-4-3-19-13/h1-6H,7H2,(H2,18,20). The molecule has 3 aromatic rings. The van der Waals surface area contributed by atoms with Crippen molar-refractivity contribution in [3.8, 4) is 11.3 Å². The van der Waals surface area contributed by atoms with E-state index < -0.39 is 5.97 Å². The molecule has 1 aromatic carbocycles. The van der Waals surface area contributed by atoms with Crippen LogP contribution in [-0.2, 0) is 11.3 Å². The summed E-state index contributed by atoms with van der Waals surface area (Å²) in [7, 11) is 0. The van der Waals surface area contributed by atoms with Crippen LogP contribution < -0.4 is 5.73 Å². The number of nitrogens with two attached hydrogens (primary N) is 1. The number of hydrogen-bond donors (Lipinski definition) is 1. The van der Waals surface area contributed by atoms with E-state index in [9.17, 15) is 4.79 Å². The number of halogens is 2. The number of aromatic nitrogens is 3. The molecule has 0 unspecified atom stereocenters. The zero-order valence-corrected chi connectivity index (χ0v) is 13.6. The van der Waals surface area contributed by atoms with Crippen LogP contribution >= 0.6 is 23.2 Å². The third-order valence-corrected chi connectivity index (χ3v) is 3.58. The van der Waals surface area contributed by atoms with Crippen molar-refractivity contribution in [3.63, 3.8) is 0 Å². The van der Waals surface area contributed by atoms with Gasteiger partial charge < -0.3 is 15.0 Å². The molecule has 0 spiro atoms. The zero-order chi connectivity index (χ0) is 17.1. The largest absolute Gasteiger partial charge is 0.453 e. The maximum atomic E-state index is 11.9. The number of ether oxygens (including phenoxy) is 1. The Morgan fingerprint density at radius 1 is 1.21 bits per heavy atom. The molecular weight excluding hydrogens is 355 g/mol. The highest BCUT2D eigenvalue weighted by Crippen LogP contribution is 2.30. The molecule has 3 rings (SSSR count). The molecule has 0 aliphatic carbocycles. The number of carbonyl (C=O) groups excluding carboxylic acids is 1. The van der Waals surface area contributed by atoms with Crippen molar-refractivity contribution in [3.05, 3.63) is 58.2 Å². The minimum absolute atomic E-state index is 0.00583. The molecule has 0 radical (unpaired) electrons. The summed E-state index contributed by atoms with van der Waals surface area (Å²) in [4.78, 5) is 19.5. The van der Waals surface area contributed by atoms with Crippen LogP contribution in [0.3, 0.4) is 0 Å². The average Bonchev–Trinajstić information content (AvgIpc) is 3.01. The van der Waals surface area contributed by atoms with E-state index in [1.165, 1.54) is 12.4 Å². The van der Waals surface area contributed by atoms with E-state index in [0.717, 1.165) is 0 Å². The molecule has 7 nitrogen and oxygen atoms in total. The van der Waals surface area contributed by atoms with Crippen molar-refractivity contribution in [2.45, 2.75) is 6.61 Å². The third kappa shape index (κ3) is 3.47. The highest BCUT2D eigenvalue weighted by atomic mass is 35.5. The molecule has 0 saturated heterocycles. The SMILES string of the molecule is Nc1nccnc1C(=O)OCc1cc(-c2ccc(Cl)cc2Cl)no1. The van der Waals surface area contributed by atoms with Gasteiger partial charge in [-0.15, -0.1) is 0 Å². The van der Waals surface area contributed by atoms with Crippen molar-refractivity contribution >= 4 is 35.0 Å². The molecule has 0 atom stereocenters. The van der Waals surface area contributed by atoms with Gasteiger partial charge in [0.2, 0.25) is 0 Å². The van der Waals surface area contributed by atoms with Gasteiger partial charge in [-0.25, -0.2) is 14.8 Å². The van der Waals surface area contributed by atoms with Gasteiger partial charge in [-0.2, -0.15) is 0 Å². The fourth-order valence-corrected chi connectivity index (χ4v) is 2.42. The molecule has 0 aliphatic heterocycles. The smallest absolute Gasteiger partial charge is 0.361 e. The van der Waals surface area contributed by atoms with Crippen molar-refractivity contribution < 1.29 is 14.1 Å². The second-order valence-electron chi connectivity index (χ2n) is 4.67. The molecule has 0 bridgehead atoms. The molecule has 9 heteroatoms. The maximum Gasteiger partial charge on any atom is 0.361 e. The van der Waals surface area contributed by atoms with Gasteiger partial charge in [0, 0.05) is 29.0 Å². The van der Waals surface area contributed by atoms with Gasteiger partial charge in [0.25, 0.3) is 0 Å². The molecule has 122 valence electrons. The van der Waals surface area contributed by atoms with E-state index in [1.807, 2.05) is 0 Å². The minimum atomic E-state index is -0.705. The fourth-order valence-electron chi connectivity index (χ4n) is 1.92. The van der Waals surface area contributed by atoms with Gasteiger partial charge in [0.05, 0.1) is 5.02 Å². The Morgan fingerprint density at radius 3 is 2.75 bits per heavy atom.